The fraction of sp³-hybridized carbons (Fsp3) is 0.300. The van der Waals surface area contributed by atoms with Crippen molar-refractivity contribution in [2.75, 3.05) is 0 Å². The van der Waals surface area contributed by atoms with Crippen LogP contribution in [0.25, 0.3) is 0 Å². The van der Waals surface area contributed by atoms with E-state index in [1.54, 1.807) is 6.07 Å². The van der Waals surface area contributed by atoms with Crippen LogP contribution in [0.2, 0.25) is 0 Å². The van der Waals surface area contributed by atoms with Crippen LogP contribution in [0.1, 0.15) is 23.5 Å². The Hall–Kier alpha value is -2.09. The second-order valence-corrected chi connectivity index (χ2v) is 3.00. The Balaban J connectivity index is 2.56. The Morgan fingerprint density at radius 1 is 1.73 bits per heavy atom. The Bertz CT molecular complexity index is 426. The molecular formula is C10H11N3O2. The van der Waals surface area contributed by atoms with Gasteiger partial charge in [0.15, 0.2) is 0 Å². The topological polar surface area (TPSA) is 78.4 Å². The molecule has 0 bridgehead atoms. The van der Waals surface area contributed by atoms with Gasteiger partial charge in [-0.3, -0.25) is 4.79 Å². The lowest BCUT2D eigenvalue weighted by Gasteiger charge is -1.92. The predicted octanol–water partition coefficient (Wildman–Crippen LogP) is 1.26. The van der Waals surface area contributed by atoms with E-state index in [9.17, 15) is 4.79 Å². The van der Waals surface area contributed by atoms with E-state index in [1.165, 1.54) is 6.21 Å². The Morgan fingerprint density at radius 3 is 3.00 bits per heavy atom. The van der Waals surface area contributed by atoms with Crippen LogP contribution < -0.4 is 5.43 Å². The van der Waals surface area contributed by atoms with Gasteiger partial charge in [-0.05, 0) is 19.9 Å². The Kier molecular flexibility index (Phi) is 3.63. The van der Waals surface area contributed by atoms with E-state index in [1.807, 2.05) is 19.9 Å². The Labute approximate surface area is 87.4 Å². The highest BCUT2D eigenvalue weighted by Crippen LogP contribution is 2.10. The first-order chi connectivity index (χ1) is 7.13. The van der Waals surface area contributed by atoms with E-state index in [0.717, 1.165) is 17.1 Å². The lowest BCUT2D eigenvalue weighted by Crippen LogP contribution is -2.16. The van der Waals surface area contributed by atoms with Crippen molar-refractivity contribution in [3.63, 3.8) is 0 Å². The van der Waals surface area contributed by atoms with E-state index < -0.39 is 5.91 Å². The van der Waals surface area contributed by atoms with Gasteiger partial charge in [0.05, 0.1) is 12.3 Å². The molecule has 0 saturated carbocycles. The monoisotopic (exact) mass is 205 g/mol. The molecule has 1 rings (SSSR count). The summed E-state index contributed by atoms with van der Waals surface area (Å²) in [7, 11) is 0. The molecule has 5 heteroatoms. The number of amides is 1. The fourth-order valence-electron chi connectivity index (χ4n) is 1.06. The minimum Gasteiger partial charge on any atom is -0.466 e. The highest BCUT2D eigenvalue weighted by Gasteiger charge is 2.01. The van der Waals surface area contributed by atoms with Crippen LogP contribution >= 0.6 is 0 Å². The molecule has 78 valence electrons. The van der Waals surface area contributed by atoms with Gasteiger partial charge in [0.2, 0.25) is 0 Å². The maximum absolute atomic E-state index is 10.9. The van der Waals surface area contributed by atoms with Crippen molar-refractivity contribution in [2.24, 2.45) is 5.10 Å². The van der Waals surface area contributed by atoms with Crippen molar-refractivity contribution in [1.82, 2.24) is 5.43 Å². The van der Waals surface area contributed by atoms with Crippen LogP contribution in [0.5, 0.6) is 0 Å². The maximum Gasteiger partial charge on any atom is 0.254 e. The van der Waals surface area contributed by atoms with E-state index in [-0.39, 0.29) is 6.42 Å². The molecule has 1 N–H and O–H groups in total. The molecule has 1 aromatic heterocycles. The normalized spacial score (nSPS) is 10.2. The van der Waals surface area contributed by atoms with E-state index in [2.05, 4.69) is 10.5 Å². The summed E-state index contributed by atoms with van der Waals surface area (Å²) in [4.78, 5) is 10.9. The molecule has 1 heterocycles. The molecule has 0 spiro atoms. The summed E-state index contributed by atoms with van der Waals surface area (Å²) in [5.41, 5.74) is 3.04. The van der Waals surface area contributed by atoms with Gasteiger partial charge >= 0.3 is 0 Å². The first-order valence-corrected chi connectivity index (χ1v) is 4.39. The van der Waals surface area contributed by atoms with E-state index in [4.69, 9.17) is 9.68 Å². The third-order valence-electron chi connectivity index (χ3n) is 1.71. The Morgan fingerprint density at radius 2 is 2.47 bits per heavy atom. The summed E-state index contributed by atoms with van der Waals surface area (Å²) in [6, 6.07) is 3.54. The van der Waals surface area contributed by atoms with E-state index in [0.29, 0.717) is 0 Å². The van der Waals surface area contributed by atoms with Gasteiger partial charge in [-0.15, -0.1) is 0 Å². The van der Waals surface area contributed by atoms with Crippen molar-refractivity contribution in [2.45, 2.75) is 20.3 Å². The van der Waals surface area contributed by atoms with Crippen molar-refractivity contribution in [3.8, 4) is 6.07 Å². The van der Waals surface area contributed by atoms with Crippen LogP contribution in [0.15, 0.2) is 15.6 Å². The number of furan rings is 1. The SMILES string of the molecule is Cc1cc(/C=N/NC(=O)CC#N)c(C)o1. The zero-order valence-corrected chi connectivity index (χ0v) is 8.57. The van der Waals surface area contributed by atoms with Crippen LogP contribution in [0.4, 0.5) is 0 Å². The number of hydrazone groups is 1. The second-order valence-electron chi connectivity index (χ2n) is 3.00. The molecule has 15 heavy (non-hydrogen) atoms. The first kappa shape index (κ1) is 11.0. The molecule has 1 amide bonds. The number of nitriles is 1. The average molecular weight is 205 g/mol. The van der Waals surface area contributed by atoms with Gasteiger partial charge in [0, 0.05) is 5.56 Å². The van der Waals surface area contributed by atoms with Gasteiger partial charge in [0.25, 0.3) is 5.91 Å². The second kappa shape index (κ2) is 4.96. The van der Waals surface area contributed by atoms with Crippen LogP contribution in [-0.2, 0) is 4.79 Å². The molecule has 1 aromatic rings. The maximum atomic E-state index is 10.9. The predicted molar refractivity (Wildman–Crippen MR) is 54.1 cm³/mol. The summed E-state index contributed by atoms with van der Waals surface area (Å²) >= 11 is 0. The third kappa shape index (κ3) is 3.27. The van der Waals surface area contributed by atoms with Gasteiger partial charge < -0.3 is 4.42 Å². The third-order valence-corrected chi connectivity index (χ3v) is 1.71. The largest absolute Gasteiger partial charge is 0.466 e. The highest BCUT2D eigenvalue weighted by molar-refractivity contribution is 5.83. The lowest BCUT2D eigenvalue weighted by molar-refractivity contribution is -0.120. The smallest absolute Gasteiger partial charge is 0.254 e. The summed E-state index contributed by atoms with van der Waals surface area (Å²) in [6.07, 6.45) is 1.29. The number of hydrogen-bond donors (Lipinski definition) is 1. The molecule has 0 atom stereocenters. The van der Waals surface area contributed by atoms with Crippen LogP contribution in [0.3, 0.4) is 0 Å². The number of nitrogens with zero attached hydrogens (tertiary/aromatic N) is 2. The molecule has 0 radical (unpaired) electrons. The van der Waals surface area contributed by atoms with Gasteiger partial charge in [0.1, 0.15) is 17.9 Å². The molecule has 0 aliphatic rings. The van der Waals surface area contributed by atoms with Crippen molar-refractivity contribution in [3.05, 3.63) is 23.2 Å². The fourth-order valence-corrected chi connectivity index (χ4v) is 1.06. The minimum atomic E-state index is -0.424. The zero-order valence-electron chi connectivity index (χ0n) is 8.57. The minimum absolute atomic E-state index is 0.194. The summed E-state index contributed by atoms with van der Waals surface area (Å²) in [5, 5.41) is 11.9. The zero-order chi connectivity index (χ0) is 11.3. The molecular weight excluding hydrogens is 194 g/mol. The number of nitrogens with one attached hydrogen (secondary N) is 1. The van der Waals surface area contributed by atoms with Crippen molar-refractivity contribution < 1.29 is 9.21 Å². The lowest BCUT2D eigenvalue weighted by atomic mass is 10.3. The summed E-state index contributed by atoms with van der Waals surface area (Å²) in [6.45, 7) is 3.64. The number of carbonyl (C=O) groups is 1. The van der Waals surface area contributed by atoms with Gasteiger partial charge in [-0.1, -0.05) is 0 Å². The number of rotatable bonds is 3. The highest BCUT2D eigenvalue weighted by atomic mass is 16.3. The summed E-state index contributed by atoms with van der Waals surface area (Å²) < 4.78 is 5.26. The average Bonchev–Trinajstić information content (AvgIpc) is 2.46. The first-order valence-electron chi connectivity index (χ1n) is 4.39. The van der Waals surface area contributed by atoms with Crippen molar-refractivity contribution >= 4 is 12.1 Å². The summed E-state index contributed by atoms with van der Waals surface area (Å²) in [5.74, 6) is 1.11. The van der Waals surface area contributed by atoms with Gasteiger partial charge in [-0.25, -0.2) is 5.43 Å². The standard InChI is InChI=1S/C10H11N3O2/c1-7-5-9(8(2)15-7)6-12-13-10(14)3-4-11/h5-6H,3H2,1-2H3,(H,13,14)/b12-6+. The molecule has 5 nitrogen and oxygen atoms in total. The number of carbonyl (C=O) groups excluding carboxylic acids is 1. The van der Waals surface area contributed by atoms with Gasteiger partial charge in [-0.2, -0.15) is 10.4 Å². The van der Waals surface area contributed by atoms with Crippen LogP contribution in [-0.4, -0.2) is 12.1 Å². The molecule has 0 fully saturated rings. The molecule has 0 unspecified atom stereocenters. The van der Waals surface area contributed by atoms with Crippen LogP contribution in [0, 0.1) is 25.2 Å². The molecule has 0 aliphatic carbocycles. The number of hydrogen-bond acceptors (Lipinski definition) is 4. The quantitative estimate of drug-likeness (QED) is 0.596. The van der Waals surface area contributed by atoms with Crippen molar-refractivity contribution in [1.29, 1.82) is 5.26 Å². The molecule has 0 saturated heterocycles. The van der Waals surface area contributed by atoms with E-state index >= 15 is 0 Å². The molecule has 0 aliphatic heterocycles. The molecule has 0 aromatic carbocycles. The number of aryl methyl sites for hydroxylation is 2.